The van der Waals surface area contributed by atoms with Crippen molar-refractivity contribution in [3.05, 3.63) is 0 Å². The summed E-state index contributed by atoms with van der Waals surface area (Å²) in [7, 11) is 0. The summed E-state index contributed by atoms with van der Waals surface area (Å²) in [6.07, 6.45) is 2.78. The highest BCUT2D eigenvalue weighted by Gasteiger charge is 2.14. The summed E-state index contributed by atoms with van der Waals surface area (Å²) in [5, 5.41) is 3.30. The maximum absolute atomic E-state index is 11.5. The van der Waals surface area contributed by atoms with E-state index in [-0.39, 0.29) is 11.9 Å². The van der Waals surface area contributed by atoms with E-state index in [0.717, 1.165) is 6.42 Å². The summed E-state index contributed by atoms with van der Waals surface area (Å²) < 4.78 is 0. The van der Waals surface area contributed by atoms with Crippen molar-refractivity contribution >= 4 is 17.7 Å². The lowest BCUT2D eigenvalue weighted by atomic mass is 10.0. The van der Waals surface area contributed by atoms with E-state index in [1.807, 2.05) is 6.26 Å². The molecule has 0 aromatic carbocycles. The molecule has 0 aromatic heterocycles. The molecule has 2 unspecified atom stereocenters. The minimum Gasteiger partial charge on any atom is -0.354 e. The van der Waals surface area contributed by atoms with E-state index in [0.29, 0.717) is 17.7 Å². The summed E-state index contributed by atoms with van der Waals surface area (Å²) >= 11 is 1.74. The van der Waals surface area contributed by atoms with Crippen LogP contribution in [0.15, 0.2) is 0 Å². The van der Waals surface area contributed by atoms with Crippen LogP contribution in [0.1, 0.15) is 27.2 Å². The molecule has 4 heteroatoms. The molecular formula is C10H22N2OS. The number of thioether (sulfide) groups is 1. The van der Waals surface area contributed by atoms with Gasteiger partial charge in [-0.2, -0.15) is 11.8 Å². The first-order chi connectivity index (χ1) is 6.47. The van der Waals surface area contributed by atoms with E-state index in [2.05, 4.69) is 26.1 Å². The van der Waals surface area contributed by atoms with Crippen LogP contribution in [-0.4, -0.2) is 30.0 Å². The molecule has 0 heterocycles. The van der Waals surface area contributed by atoms with Gasteiger partial charge in [-0.1, -0.05) is 20.8 Å². The second-order valence-corrected chi connectivity index (χ2v) is 5.30. The normalized spacial score (nSPS) is 15.3. The smallest absolute Gasteiger partial charge is 0.236 e. The van der Waals surface area contributed by atoms with Crippen molar-refractivity contribution in [3.63, 3.8) is 0 Å². The highest BCUT2D eigenvalue weighted by atomic mass is 32.2. The van der Waals surface area contributed by atoms with Crippen molar-refractivity contribution in [2.24, 2.45) is 11.7 Å². The van der Waals surface area contributed by atoms with Gasteiger partial charge in [-0.05, 0) is 18.6 Å². The summed E-state index contributed by atoms with van der Waals surface area (Å²) in [5.41, 5.74) is 5.73. The van der Waals surface area contributed by atoms with Crippen molar-refractivity contribution < 1.29 is 4.79 Å². The second kappa shape index (κ2) is 7.12. The fraction of sp³-hybridized carbons (Fsp3) is 0.900. The molecule has 0 bridgehead atoms. The maximum atomic E-state index is 11.5. The molecule has 14 heavy (non-hydrogen) atoms. The van der Waals surface area contributed by atoms with Gasteiger partial charge in [0.2, 0.25) is 5.91 Å². The Morgan fingerprint density at radius 1 is 1.43 bits per heavy atom. The Morgan fingerprint density at radius 2 is 2.00 bits per heavy atom. The lowest BCUT2D eigenvalue weighted by Gasteiger charge is -2.15. The van der Waals surface area contributed by atoms with Crippen molar-refractivity contribution in [2.75, 3.05) is 12.8 Å². The molecule has 0 radical (unpaired) electrons. The largest absolute Gasteiger partial charge is 0.354 e. The molecule has 3 nitrogen and oxygen atoms in total. The molecule has 0 aromatic rings. The van der Waals surface area contributed by atoms with Crippen LogP contribution in [0.5, 0.6) is 0 Å². The zero-order valence-electron chi connectivity index (χ0n) is 9.54. The van der Waals surface area contributed by atoms with Crippen LogP contribution in [0.3, 0.4) is 0 Å². The topological polar surface area (TPSA) is 55.1 Å². The molecule has 0 spiro atoms. The van der Waals surface area contributed by atoms with E-state index in [4.69, 9.17) is 5.73 Å². The monoisotopic (exact) mass is 218 g/mol. The lowest BCUT2D eigenvalue weighted by molar-refractivity contribution is -0.122. The highest BCUT2D eigenvalue weighted by Crippen LogP contribution is 2.04. The average Bonchev–Trinajstić information content (AvgIpc) is 2.12. The van der Waals surface area contributed by atoms with E-state index in [1.54, 1.807) is 11.8 Å². The Bertz CT molecular complexity index is 174. The number of amides is 1. The van der Waals surface area contributed by atoms with Gasteiger partial charge in [-0.3, -0.25) is 4.79 Å². The van der Waals surface area contributed by atoms with Crippen LogP contribution >= 0.6 is 11.8 Å². The number of nitrogens with two attached hydrogens (primary N) is 1. The average molecular weight is 218 g/mol. The standard InChI is InChI=1S/C10H22N2OS/c1-7(2)5-9(11)10(13)12-6-8(3)14-4/h7-9H,5-6,11H2,1-4H3,(H,12,13). The molecule has 0 fully saturated rings. The second-order valence-electron chi connectivity index (χ2n) is 4.03. The molecule has 3 N–H and O–H groups in total. The molecule has 0 aliphatic rings. The summed E-state index contributed by atoms with van der Waals surface area (Å²) in [6.45, 7) is 6.92. The molecule has 0 aliphatic heterocycles. The van der Waals surface area contributed by atoms with Gasteiger partial charge in [-0.15, -0.1) is 0 Å². The molecule has 0 aliphatic carbocycles. The van der Waals surface area contributed by atoms with E-state index >= 15 is 0 Å². The highest BCUT2D eigenvalue weighted by molar-refractivity contribution is 7.99. The maximum Gasteiger partial charge on any atom is 0.236 e. The predicted octanol–water partition coefficient (Wildman–Crippen LogP) is 1.23. The first kappa shape index (κ1) is 13.8. The zero-order chi connectivity index (χ0) is 11.1. The van der Waals surface area contributed by atoms with Crippen LogP contribution < -0.4 is 11.1 Å². The zero-order valence-corrected chi connectivity index (χ0v) is 10.4. The van der Waals surface area contributed by atoms with Gasteiger partial charge in [0.15, 0.2) is 0 Å². The Morgan fingerprint density at radius 3 is 2.43 bits per heavy atom. The molecule has 2 atom stereocenters. The Kier molecular flexibility index (Phi) is 7.01. The minimum atomic E-state index is -0.357. The SMILES string of the molecule is CSC(C)CNC(=O)C(N)CC(C)C. The quantitative estimate of drug-likeness (QED) is 0.705. The van der Waals surface area contributed by atoms with Crippen LogP contribution in [0.4, 0.5) is 0 Å². The van der Waals surface area contributed by atoms with E-state index in [1.165, 1.54) is 0 Å². The predicted molar refractivity (Wildman–Crippen MR) is 63.4 cm³/mol. The van der Waals surface area contributed by atoms with Crippen molar-refractivity contribution in [1.29, 1.82) is 0 Å². The molecule has 1 amide bonds. The van der Waals surface area contributed by atoms with E-state index in [9.17, 15) is 4.79 Å². The number of hydrogen-bond acceptors (Lipinski definition) is 3. The number of rotatable bonds is 6. The number of nitrogens with one attached hydrogen (secondary N) is 1. The summed E-state index contributed by atoms with van der Waals surface area (Å²) in [5.74, 6) is 0.438. The first-order valence-electron chi connectivity index (χ1n) is 5.03. The van der Waals surface area contributed by atoms with Gasteiger partial charge in [0.05, 0.1) is 6.04 Å². The van der Waals surface area contributed by atoms with Crippen LogP contribution in [0.25, 0.3) is 0 Å². The van der Waals surface area contributed by atoms with Crippen LogP contribution in [-0.2, 0) is 4.79 Å². The Labute approximate surface area is 91.2 Å². The fourth-order valence-corrected chi connectivity index (χ4v) is 1.32. The molecular weight excluding hydrogens is 196 g/mol. The van der Waals surface area contributed by atoms with Gasteiger partial charge in [0.1, 0.15) is 0 Å². The van der Waals surface area contributed by atoms with Crippen LogP contribution in [0, 0.1) is 5.92 Å². The number of hydrogen-bond donors (Lipinski definition) is 2. The van der Waals surface area contributed by atoms with Crippen molar-refractivity contribution in [2.45, 2.75) is 38.5 Å². The third kappa shape index (κ3) is 6.27. The Hall–Kier alpha value is -0.220. The van der Waals surface area contributed by atoms with Crippen molar-refractivity contribution in [3.8, 4) is 0 Å². The molecule has 0 rings (SSSR count). The van der Waals surface area contributed by atoms with Gasteiger partial charge in [0.25, 0.3) is 0 Å². The minimum absolute atomic E-state index is 0.0281. The van der Waals surface area contributed by atoms with Gasteiger partial charge >= 0.3 is 0 Å². The van der Waals surface area contributed by atoms with Gasteiger partial charge < -0.3 is 11.1 Å². The Balaban J connectivity index is 3.73. The number of carbonyl (C=O) groups is 1. The first-order valence-corrected chi connectivity index (χ1v) is 6.32. The lowest BCUT2D eigenvalue weighted by Crippen LogP contribution is -2.43. The van der Waals surface area contributed by atoms with Gasteiger partial charge in [-0.25, -0.2) is 0 Å². The molecule has 0 saturated carbocycles. The summed E-state index contributed by atoms with van der Waals surface area (Å²) in [6, 6.07) is -0.357. The third-order valence-electron chi connectivity index (χ3n) is 2.03. The van der Waals surface area contributed by atoms with Crippen molar-refractivity contribution in [1.82, 2.24) is 5.32 Å². The van der Waals surface area contributed by atoms with Crippen LogP contribution in [0.2, 0.25) is 0 Å². The third-order valence-corrected chi connectivity index (χ3v) is 3.00. The molecule has 0 saturated heterocycles. The van der Waals surface area contributed by atoms with E-state index < -0.39 is 0 Å². The molecule has 84 valence electrons. The number of carbonyl (C=O) groups excluding carboxylic acids is 1. The van der Waals surface area contributed by atoms with Gasteiger partial charge in [0, 0.05) is 11.8 Å². The summed E-state index contributed by atoms with van der Waals surface area (Å²) in [4.78, 5) is 11.5. The fourth-order valence-electron chi connectivity index (χ4n) is 1.07.